The van der Waals surface area contributed by atoms with Gasteiger partial charge in [-0.2, -0.15) is 4.98 Å². The van der Waals surface area contributed by atoms with Crippen LogP contribution in [0.4, 0.5) is 10.5 Å². The van der Waals surface area contributed by atoms with Crippen LogP contribution in [0.25, 0.3) is 11.5 Å². The number of nitrogens with zero attached hydrogens (tertiary/aromatic N) is 4. The maximum Gasteiger partial charge on any atom is 0.410 e. The summed E-state index contributed by atoms with van der Waals surface area (Å²) >= 11 is 0. The van der Waals surface area contributed by atoms with Crippen LogP contribution in [0.5, 0.6) is 0 Å². The van der Waals surface area contributed by atoms with Crippen LogP contribution in [0.2, 0.25) is 0 Å². The van der Waals surface area contributed by atoms with E-state index >= 15 is 0 Å². The molecule has 30 heavy (non-hydrogen) atoms. The van der Waals surface area contributed by atoms with Crippen LogP contribution in [0.15, 0.2) is 28.8 Å². The largest absolute Gasteiger partial charge is 0.444 e. The molecular formula is C22H30N4O4. The first kappa shape index (κ1) is 20.7. The minimum Gasteiger partial charge on any atom is -0.444 e. The van der Waals surface area contributed by atoms with Gasteiger partial charge in [-0.3, -0.25) is 0 Å². The van der Waals surface area contributed by atoms with Crippen LogP contribution in [-0.2, 0) is 9.47 Å². The Hall–Kier alpha value is -2.61. The summed E-state index contributed by atoms with van der Waals surface area (Å²) in [4.78, 5) is 21.0. The van der Waals surface area contributed by atoms with E-state index in [0.29, 0.717) is 24.8 Å². The highest BCUT2D eigenvalue weighted by Crippen LogP contribution is 2.30. The van der Waals surface area contributed by atoms with Crippen molar-refractivity contribution in [3.63, 3.8) is 0 Å². The number of amides is 1. The summed E-state index contributed by atoms with van der Waals surface area (Å²) < 4.78 is 16.5. The normalized spacial score (nSPS) is 18.5. The molecule has 0 aliphatic carbocycles. The van der Waals surface area contributed by atoms with Crippen molar-refractivity contribution in [3.8, 4) is 11.5 Å². The Labute approximate surface area is 177 Å². The van der Waals surface area contributed by atoms with Crippen LogP contribution in [-0.4, -0.2) is 66.1 Å². The number of carbonyl (C=O) groups excluding carboxylic acids is 1. The SMILES string of the molecule is CC(C)(C)OC(=O)N1CCC(c2noc(-c3cccc(N4CCOCC4)c3)n2)CC1. The first-order valence-electron chi connectivity index (χ1n) is 10.6. The van der Waals surface area contributed by atoms with Crippen LogP contribution in [0.1, 0.15) is 45.4 Å². The van der Waals surface area contributed by atoms with Gasteiger partial charge in [0.2, 0.25) is 0 Å². The number of likely N-dealkylation sites (tertiary alicyclic amines) is 1. The lowest BCUT2D eigenvalue weighted by Gasteiger charge is -2.32. The van der Waals surface area contributed by atoms with Gasteiger partial charge in [0, 0.05) is 43.3 Å². The van der Waals surface area contributed by atoms with Gasteiger partial charge in [0.1, 0.15) is 5.60 Å². The van der Waals surface area contributed by atoms with Gasteiger partial charge >= 0.3 is 6.09 Å². The number of benzene rings is 1. The molecule has 162 valence electrons. The average Bonchev–Trinajstić information content (AvgIpc) is 3.24. The zero-order valence-corrected chi connectivity index (χ0v) is 18.0. The highest BCUT2D eigenvalue weighted by Gasteiger charge is 2.29. The van der Waals surface area contributed by atoms with Crippen molar-refractivity contribution in [2.75, 3.05) is 44.3 Å². The summed E-state index contributed by atoms with van der Waals surface area (Å²) in [7, 11) is 0. The Morgan fingerprint density at radius 1 is 1.13 bits per heavy atom. The number of carbonyl (C=O) groups is 1. The summed E-state index contributed by atoms with van der Waals surface area (Å²) in [6, 6.07) is 8.20. The molecular weight excluding hydrogens is 384 g/mol. The minimum absolute atomic E-state index is 0.184. The second kappa shape index (κ2) is 8.63. The molecule has 3 heterocycles. The number of ether oxygens (including phenoxy) is 2. The lowest BCUT2D eigenvalue weighted by atomic mass is 9.96. The second-order valence-electron chi connectivity index (χ2n) is 8.85. The number of piperidine rings is 1. The number of hydrogen-bond acceptors (Lipinski definition) is 7. The van der Waals surface area contributed by atoms with Gasteiger partial charge in [-0.1, -0.05) is 11.2 Å². The fraction of sp³-hybridized carbons (Fsp3) is 0.591. The quantitative estimate of drug-likeness (QED) is 0.758. The molecule has 0 bridgehead atoms. The molecule has 8 nitrogen and oxygen atoms in total. The smallest absolute Gasteiger partial charge is 0.410 e. The van der Waals surface area contributed by atoms with E-state index in [4.69, 9.17) is 14.0 Å². The highest BCUT2D eigenvalue weighted by molar-refractivity contribution is 5.68. The number of rotatable bonds is 3. The van der Waals surface area contributed by atoms with E-state index in [2.05, 4.69) is 27.2 Å². The van der Waals surface area contributed by atoms with Crippen molar-refractivity contribution in [2.45, 2.75) is 45.1 Å². The third kappa shape index (κ3) is 4.92. The predicted octanol–water partition coefficient (Wildman–Crippen LogP) is 3.69. The lowest BCUT2D eigenvalue weighted by molar-refractivity contribution is 0.0203. The van der Waals surface area contributed by atoms with Crippen LogP contribution in [0, 0.1) is 0 Å². The molecule has 0 N–H and O–H groups in total. The van der Waals surface area contributed by atoms with Crippen LogP contribution >= 0.6 is 0 Å². The summed E-state index contributed by atoms with van der Waals surface area (Å²) in [5.74, 6) is 1.43. The Balaban J connectivity index is 1.39. The Morgan fingerprint density at radius 2 is 1.87 bits per heavy atom. The molecule has 1 aromatic carbocycles. The van der Waals surface area contributed by atoms with E-state index in [1.54, 1.807) is 4.90 Å². The monoisotopic (exact) mass is 414 g/mol. The maximum absolute atomic E-state index is 12.3. The first-order chi connectivity index (χ1) is 14.4. The number of morpholine rings is 1. The van der Waals surface area contributed by atoms with Gasteiger partial charge in [0.15, 0.2) is 5.82 Å². The molecule has 0 saturated carbocycles. The molecule has 1 amide bonds. The molecule has 2 aliphatic rings. The summed E-state index contributed by atoms with van der Waals surface area (Å²) in [5.41, 5.74) is 1.58. The minimum atomic E-state index is -0.480. The van der Waals surface area contributed by atoms with Crippen LogP contribution < -0.4 is 4.90 Å². The van der Waals surface area contributed by atoms with E-state index in [1.165, 1.54) is 0 Å². The Morgan fingerprint density at radius 3 is 2.57 bits per heavy atom. The van der Waals surface area contributed by atoms with E-state index < -0.39 is 5.60 Å². The van der Waals surface area contributed by atoms with Crippen molar-refractivity contribution in [3.05, 3.63) is 30.1 Å². The van der Waals surface area contributed by atoms with Crippen molar-refractivity contribution < 1.29 is 18.8 Å². The fourth-order valence-corrected chi connectivity index (χ4v) is 3.82. The van der Waals surface area contributed by atoms with Gasteiger partial charge in [-0.25, -0.2) is 4.79 Å². The van der Waals surface area contributed by atoms with Crippen molar-refractivity contribution in [1.82, 2.24) is 15.0 Å². The molecule has 0 spiro atoms. The van der Waals surface area contributed by atoms with Crippen molar-refractivity contribution >= 4 is 11.8 Å². The summed E-state index contributed by atoms with van der Waals surface area (Å²) in [5, 5.41) is 4.23. The van der Waals surface area contributed by atoms with E-state index in [-0.39, 0.29) is 12.0 Å². The molecule has 2 fully saturated rings. The van der Waals surface area contributed by atoms with Gasteiger partial charge in [0.25, 0.3) is 5.89 Å². The molecule has 2 saturated heterocycles. The third-order valence-corrected chi connectivity index (χ3v) is 5.42. The molecule has 8 heteroatoms. The maximum atomic E-state index is 12.3. The fourth-order valence-electron chi connectivity index (χ4n) is 3.82. The molecule has 2 aromatic rings. The molecule has 0 radical (unpaired) electrons. The molecule has 0 atom stereocenters. The van der Waals surface area contributed by atoms with E-state index in [0.717, 1.165) is 50.4 Å². The zero-order valence-electron chi connectivity index (χ0n) is 18.0. The summed E-state index contributed by atoms with van der Waals surface area (Å²) in [6.45, 7) is 10.2. The van der Waals surface area contributed by atoms with Gasteiger partial charge in [-0.05, 0) is 51.8 Å². The topological polar surface area (TPSA) is 80.9 Å². The highest BCUT2D eigenvalue weighted by atomic mass is 16.6. The zero-order chi connectivity index (χ0) is 21.1. The number of aromatic nitrogens is 2. The third-order valence-electron chi connectivity index (χ3n) is 5.42. The van der Waals surface area contributed by atoms with E-state index in [9.17, 15) is 4.79 Å². The molecule has 1 aromatic heterocycles. The van der Waals surface area contributed by atoms with Gasteiger partial charge in [-0.15, -0.1) is 0 Å². The average molecular weight is 415 g/mol. The standard InChI is InChI=1S/C22H30N4O4/c1-22(2,3)29-21(27)26-9-7-16(8-10-26)19-23-20(30-24-19)17-5-4-6-18(15-17)25-11-13-28-14-12-25/h4-6,15-16H,7-14H2,1-3H3. The van der Waals surface area contributed by atoms with Crippen molar-refractivity contribution in [1.29, 1.82) is 0 Å². The van der Waals surface area contributed by atoms with Gasteiger partial charge < -0.3 is 23.8 Å². The number of anilines is 1. The van der Waals surface area contributed by atoms with Gasteiger partial charge in [0.05, 0.1) is 13.2 Å². The Bertz CT molecular complexity index is 862. The molecule has 2 aliphatic heterocycles. The molecule has 0 unspecified atom stereocenters. The van der Waals surface area contributed by atoms with E-state index in [1.807, 2.05) is 32.9 Å². The lowest BCUT2D eigenvalue weighted by Crippen LogP contribution is -2.41. The number of hydrogen-bond donors (Lipinski definition) is 0. The van der Waals surface area contributed by atoms with Crippen LogP contribution in [0.3, 0.4) is 0 Å². The predicted molar refractivity (Wildman–Crippen MR) is 113 cm³/mol. The first-order valence-corrected chi connectivity index (χ1v) is 10.6. The Kier molecular flexibility index (Phi) is 5.94. The summed E-state index contributed by atoms with van der Waals surface area (Å²) in [6.07, 6.45) is 1.34. The van der Waals surface area contributed by atoms with Crippen molar-refractivity contribution in [2.24, 2.45) is 0 Å². The second-order valence-corrected chi connectivity index (χ2v) is 8.85. The molecule has 4 rings (SSSR count).